The summed E-state index contributed by atoms with van der Waals surface area (Å²) in [5.74, 6) is 6.64. The molecule has 2 N–H and O–H groups in total. The number of carboxylic acids is 1. The molecule has 0 saturated heterocycles. The average Bonchev–Trinajstić information content (AvgIpc) is 3.41. The molecule has 1 heterocycles. The standard InChI is InChI=1S/C31H30N2O4/c1-23-6-10-26(11-7-23)29(16-20-36-28-14-15-30(24(2)21-28)37-22-31(34)35)27-12-8-25(9-13-27)5-3-18-33-19-4-17-32-33/h4,6-17,21,32H,18-20,22H2,1-2H3,(H,34,35)/b29-16-. The lowest BCUT2D eigenvalue weighted by molar-refractivity contribution is -0.139. The summed E-state index contributed by atoms with van der Waals surface area (Å²) in [5, 5.41) is 10.9. The smallest absolute Gasteiger partial charge is 0.341 e. The fraction of sp³-hybridized carbons (Fsp3) is 0.194. The molecule has 0 aromatic heterocycles. The highest BCUT2D eigenvalue weighted by Crippen LogP contribution is 2.26. The molecule has 0 spiro atoms. The molecule has 0 fully saturated rings. The fourth-order valence-corrected chi connectivity index (χ4v) is 3.84. The van der Waals surface area contributed by atoms with Gasteiger partial charge in [-0.2, -0.15) is 0 Å². The van der Waals surface area contributed by atoms with Crippen LogP contribution in [0.3, 0.4) is 0 Å². The Morgan fingerprint density at radius 3 is 2.41 bits per heavy atom. The van der Waals surface area contributed by atoms with Crippen molar-refractivity contribution in [2.45, 2.75) is 13.8 Å². The maximum atomic E-state index is 10.8. The number of ether oxygens (including phenoxy) is 2. The molecule has 0 atom stereocenters. The Hall–Kier alpha value is -4.47. The topological polar surface area (TPSA) is 71.0 Å². The lowest BCUT2D eigenvalue weighted by Gasteiger charge is -2.12. The zero-order valence-corrected chi connectivity index (χ0v) is 21.0. The Balaban J connectivity index is 1.47. The van der Waals surface area contributed by atoms with Crippen molar-refractivity contribution in [1.82, 2.24) is 10.4 Å². The number of benzene rings is 3. The molecule has 0 saturated carbocycles. The molecule has 6 nitrogen and oxygen atoms in total. The van der Waals surface area contributed by atoms with Gasteiger partial charge in [-0.15, -0.1) is 0 Å². The molecule has 1 aliphatic rings. The molecule has 4 rings (SSSR count). The summed E-state index contributed by atoms with van der Waals surface area (Å²) in [6.45, 7) is 5.46. The second-order valence-electron chi connectivity index (χ2n) is 8.70. The summed E-state index contributed by atoms with van der Waals surface area (Å²) in [7, 11) is 0. The van der Waals surface area contributed by atoms with Gasteiger partial charge in [0.15, 0.2) is 6.61 Å². The van der Waals surface area contributed by atoms with Crippen LogP contribution in [-0.2, 0) is 4.79 Å². The largest absolute Gasteiger partial charge is 0.489 e. The van der Waals surface area contributed by atoms with Gasteiger partial charge in [0.25, 0.3) is 0 Å². The van der Waals surface area contributed by atoms with Crippen LogP contribution in [0.15, 0.2) is 85.1 Å². The molecule has 6 heteroatoms. The van der Waals surface area contributed by atoms with Crippen LogP contribution in [0, 0.1) is 25.7 Å². The molecular formula is C31H30N2O4. The third-order valence-corrected chi connectivity index (χ3v) is 5.80. The molecule has 3 aromatic rings. The number of hydrogen-bond acceptors (Lipinski definition) is 5. The Morgan fingerprint density at radius 2 is 1.76 bits per heavy atom. The maximum Gasteiger partial charge on any atom is 0.341 e. The molecule has 1 aliphatic heterocycles. The number of nitrogens with zero attached hydrogens (tertiary/aromatic N) is 1. The highest BCUT2D eigenvalue weighted by Gasteiger charge is 2.08. The number of aliphatic carboxylic acids is 1. The normalized spacial score (nSPS) is 13.0. The van der Waals surface area contributed by atoms with E-state index in [0.717, 1.165) is 34.4 Å². The van der Waals surface area contributed by atoms with Gasteiger partial charge in [-0.05, 0) is 72.5 Å². The quantitative estimate of drug-likeness (QED) is 0.410. The van der Waals surface area contributed by atoms with Gasteiger partial charge in [0.05, 0.1) is 6.54 Å². The monoisotopic (exact) mass is 494 g/mol. The Kier molecular flexibility index (Phi) is 8.64. The van der Waals surface area contributed by atoms with Crippen molar-refractivity contribution in [1.29, 1.82) is 0 Å². The number of carbonyl (C=O) groups is 1. The van der Waals surface area contributed by atoms with Crippen LogP contribution in [0.4, 0.5) is 0 Å². The predicted molar refractivity (Wildman–Crippen MR) is 145 cm³/mol. The summed E-state index contributed by atoms with van der Waals surface area (Å²) in [5.41, 5.74) is 9.39. The summed E-state index contributed by atoms with van der Waals surface area (Å²) in [4.78, 5) is 10.8. The van der Waals surface area contributed by atoms with Gasteiger partial charge in [0.1, 0.15) is 18.1 Å². The van der Waals surface area contributed by atoms with Crippen molar-refractivity contribution >= 4 is 11.5 Å². The van der Waals surface area contributed by atoms with Crippen LogP contribution in [0.25, 0.3) is 5.57 Å². The molecule has 0 aliphatic carbocycles. The molecular weight excluding hydrogens is 464 g/mol. The number of hydrogen-bond donors (Lipinski definition) is 2. The van der Waals surface area contributed by atoms with Gasteiger partial charge in [-0.25, -0.2) is 9.80 Å². The van der Waals surface area contributed by atoms with E-state index in [1.807, 2.05) is 36.3 Å². The second kappa shape index (κ2) is 12.5. The van der Waals surface area contributed by atoms with Gasteiger partial charge >= 0.3 is 5.97 Å². The molecule has 188 valence electrons. The number of hydrazine groups is 1. The Labute approximate surface area is 217 Å². The van der Waals surface area contributed by atoms with Crippen molar-refractivity contribution in [2.75, 3.05) is 26.3 Å². The molecule has 0 bridgehead atoms. The van der Waals surface area contributed by atoms with Gasteiger partial charge in [0, 0.05) is 18.3 Å². The van der Waals surface area contributed by atoms with E-state index in [1.165, 1.54) is 5.56 Å². The summed E-state index contributed by atoms with van der Waals surface area (Å²) >= 11 is 0. The summed E-state index contributed by atoms with van der Waals surface area (Å²) < 4.78 is 11.3. The third kappa shape index (κ3) is 7.50. The Bertz CT molecular complexity index is 1340. The van der Waals surface area contributed by atoms with Crippen LogP contribution in [0.5, 0.6) is 11.5 Å². The van der Waals surface area contributed by atoms with Crippen molar-refractivity contribution in [3.05, 3.63) is 113 Å². The number of aryl methyl sites for hydroxylation is 2. The minimum absolute atomic E-state index is 0.371. The van der Waals surface area contributed by atoms with Crippen LogP contribution in [0.1, 0.15) is 27.8 Å². The molecule has 3 aromatic carbocycles. The summed E-state index contributed by atoms with van der Waals surface area (Å²) in [6.07, 6.45) is 6.06. The van der Waals surface area contributed by atoms with E-state index in [2.05, 4.69) is 72.7 Å². The van der Waals surface area contributed by atoms with E-state index in [0.29, 0.717) is 24.7 Å². The second-order valence-corrected chi connectivity index (χ2v) is 8.70. The van der Waals surface area contributed by atoms with Gasteiger partial charge in [-0.1, -0.05) is 59.9 Å². The van der Waals surface area contributed by atoms with Crippen LogP contribution < -0.4 is 14.9 Å². The van der Waals surface area contributed by atoms with Gasteiger partial charge < -0.3 is 20.0 Å². The number of rotatable bonds is 9. The van der Waals surface area contributed by atoms with Crippen LogP contribution >= 0.6 is 0 Å². The van der Waals surface area contributed by atoms with Crippen molar-refractivity contribution in [3.63, 3.8) is 0 Å². The van der Waals surface area contributed by atoms with E-state index in [9.17, 15) is 4.79 Å². The highest BCUT2D eigenvalue weighted by molar-refractivity contribution is 5.80. The van der Waals surface area contributed by atoms with Crippen LogP contribution in [-0.4, -0.2) is 42.4 Å². The first kappa shape index (κ1) is 25.6. The Morgan fingerprint density at radius 1 is 1.03 bits per heavy atom. The van der Waals surface area contributed by atoms with E-state index in [1.54, 1.807) is 12.1 Å². The van der Waals surface area contributed by atoms with E-state index < -0.39 is 5.97 Å². The van der Waals surface area contributed by atoms with Crippen LogP contribution in [0.2, 0.25) is 0 Å². The van der Waals surface area contributed by atoms with E-state index in [4.69, 9.17) is 14.6 Å². The molecule has 37 heavy (non-hydrogen) atoms. The fourth-order valence-electron chi connectivity index (χ4n) is 3.84. The summed E-state index contributed by atoms with van der Waals surface area (Å²) in [6, 6.07) is 22.1. The molecule has 0 radical (unpaired) electrons. The van der Waals surface area contributed by atoms with Crippen molar-refractivity contribution in [2.24, 2.45) is 0 Å². The first-order valence-corrected chi connectivity index (χ1v) is 12.1. The minimum Gasteiger partial charge on any atom is -0.489 e. The van der Waals surface area contributed by atoms with E-state index in [-0.39, 0.29) is 6.61 Å². The zero-order chi connectivity index (χ0) is 26.0. The third-order valence-electron chi connectivity index (χ3n) is 5.80. The molecule has 0 amide bonds. The zero-order valence-electron chi connectivity index (χ0n) is 21.0. The van der Waals surface area contributed by atoms with Gasteiger partial charge in [-0.3, -0.25) is 0 Å². The lowest BCUT2D eigenvalue weighted by Crippen LogP contribution is -2.29. The van der Waals surface area contributed by atoms with Crippen molar-refractivity contribution < 1.29 is 19.4 Å². The number of carboxylic acid groups (broad SMARTS) is 1. The minimum atomic E-state index is -1.01. The van der Waals surface area contributed by atoms with Crippen molar-refractivity contribution in [3.8, 4) is 23.3 Å². The predicted octanol–water partition coefficient (Wildman–Crippen LogP) is 4.96. The lowest BCUT2D eigenvalue weighted by atomic mass is 9.96. The first-order chi connectivity index (χ1) is 18.0. The van der Waals surface area contributed by atoms with E-state index >= 15 is 0 Å². The highest BCUT2D eigenvalue weighted by atomic mass is 16.5. The SMILES string of the molecule is Cc1ccc(/C(=C/COc2ccc(OCC(=O)O)c(C)c2)c2ccc(C#CCN3CC=CN3)cc2)cc1. The molecule has 0 unspecified atom stereocenters. The van der Waals surface area contributed by atoms with Gasteiger partial charge in [0.2, 0.25) is 0 Å². The number of nitrogens with one attached hydrogen (secondary N) is 1. The average molecular weight is 495 g/mol. The first-order valence-electron chi connectivity index (χ1n) is 12.1. The maximum absolute atomic E-state index is 10.8.